The number of piperazine rings is 1. The summed E-state index contributed by atoms with van der Waals surface area (Å²) in [5.74, 6) is 1.53. The number of aliphatic hydroxyl groups excluding tert-OH is 1. The van der Waals surface area contributed by atoms with E-state index in [-0.39, 0.29) is 37.5 Å². The molecule has 5 nitrogen and oxygen atoms in total. The average Bonchev–Trinajstić information content (AvgIpc) is 2.86. The van der Waals surface area contributed by atoms with Crippen LogP contribution in [0.4, 0.5) is 0 Å². The van der Waals surface area contributed by atoms with Gasteiger partial charge in [0.25, 0.3) is 0 Å². The van der Waals surface area contributed by atoms with Gasteiger partial charge in [-0.3, -0.25) is 9.80 Å². The summed E-state index contributed by atoms with van der Waals surface area (Å²) < 4.78 is 10.9. The minimum Gasteiger partial charge on any atom is -0.497 e. The van der Waals surface area contributed by atoms with Crippen LogP contribution in [-0.4, -0.2) is 67.5 Å². The predicted molar refractivity (Wildman–Crippen MR) is 142 cm³/mol. The molecule has 34 heavy (non-hydrogen) atoms. The van der Waals surface area contributed by atoms with E-state index in [2.05, 4.69) is 70.5 Å². The molecule has 3 aromatic rings. The van der Waals surface area contributed by atoms with Gasteiger partial charge in [0.15, 0.2) is 0 Å². The Morgan fingerprint density at radius 3 is 1.74 bits per heavy atom. The molecule has 0 spiro atoms. The molecule has 3 aromatic carbocycles. The molecule has 1 fully saturated rings. The summed E-state index contributed by atoms with van der Waals surface area (Å²) >= 11 is 0. The molecule has 1 atom stereocenters. The van der Waals surface area contributed by atoms with Crippen LogP contribution in [0.1, 0.15) is 17.2 Å². The van der Waals surface area contributed by atoms with E-state index in [0.29, 0.717) is 6.54 Å². The lowest BCUT2D eigenvalue weighted by Gasteiger charge is -2.40. The molecule has 0 amide bonds. The highest BCUT2D eigenvalue weighted by Crippen LogP contribution is 2.29. The first-order chi connectivity index (χ1) is 15.7. The Labute approximate surface area is 215 Å². The maximum atomic E-state index is 10.5. The molecule has 1 aliphatic rings. The predicted octanol–water partition coefficient (Wildman–Crippen LogP) is 4.69. The first-order valence-corrected chi connectivity index (χ1v) is 11.2. The third-order valence-electron chi connectivity index (χ3n) is 5.97. The molecule has 0 radical (unpaired) electrons. The number of hydrogen-bond donors (Lipinski definition) is 1. The van der Waals surface area contributed by atoms with Gasteiger partial charge in [-0.2, -0.15) is 0 Å². The normalized spacial score (nSPS) is 15.1. The van der Waals surface area contributed by atoms with Gasteiger partial charge in [-0.05, 0) is 35.4 Å². The van der Waals surface area contributed by atoms with Crippen molar-refractivity contribution in [2.75, 3.05) is 46.4 Å². The Morgan fingerprint density at radius 2 is 1.24 bits per heavy atom. The second-order valence-electron chi connectivity index (χ2n) is 8.20. The monoisotopic (exact) mass is 504 g/mol. The Morgan fingerprint density at radius 1 is 0.735 bits per heavy atom. The first-order valence-electron chi connectivity index (χ1n) is 11.2. The van der Waals surface area contributed by atoms with Gasteiger partial charge in [0.1, 0.15) is 24.2 Å². The number of halogens is 2. The highest BCUT2D eigenvalue weighted by atomic mass is 35.5. The molecule has 0 bridgehead atoms. The molecule has 4 rings (SSSR count). The summed E-state index contributed by atoms with van der Waals surface area (Å²) in [5, 5.41) is 10.5. The summed E-state index contributed by atoms with van der Waals surface area (Å²) in [6, 6.07) is 29.1. The maximum Gasteiger partial charge on any atom is 0.119 e. The zero-order valence-corrected chi connectivity index (χ0v) is 21.1. The second kappa shape index (κ2) is 14.2. The van der Waals surface area contributed by atoms with E-state index in [1.807, 2.05) is 24.3 Å². The quantitative estimate of drug-likeness (QED) is 0.458. The summed E-state index contributed by atoms with van der Waals surface area (Å²) in [4.78, 5) is 4.87. The molecule has 7 heteroatoms. The van der Waals surface area contributed by atoms with E-state index in [0.717, 1.165) is 37.7 Å². The largest absolute Gasteiger partial charge is 0.497 e. The van der Waals surface area contributed by atoms with Gasteiger partial charge < -0.3 is 14.6 Å². The number of hydrogen-bond acceptors (Lipinski definition) is 5. The van der Waals surface area contributed by atoms with E-state index < -0.39 is 6.10 Å². The number of benzene rings is 3. The van der Waals surface area contributed by atoms with E-state index >= 15 is 0 Å². The van der Waals surface area contributed by atoms with Crippen molar-refractivity contribution in [2.24, 2.45) is 0 Å². The molecular weight excluding hydrogens is 471 g/mol. The molecule has 0 aliphatic carbocycles. The van der Waals surface area contributed by atoms with Crippen molar-refractivity contribution >= 4 is 24.8 Å². The van der Waals surface area contributed by atoms with Crippen LogP contribution in [0.25, 0.3) is 0 Å². The van der Waals surface area contributed by atoms with Crippen LogP contribution >= 0.6 is 24.8 Å². The van der Waals surface area contributed by atoms with Gasteiger partial charge in [-0.15, -0.1) is 24.8 Å². The molecule has 1 heterocycles. The molecular formula is C27H34Cl2N2O3. The zero-order chi connectivity index (χ0) is 22.2. The second-order valence-corrected chi connectivity index (χ2v) is 8.20. The van der Waals surface area contributed by atoms with Crippen molar-refractivity contribution in [3.05, 3.63) is 96.1 Å². The topological polar surface area (TPSA) is 45.2 Å². The SMILES string of the molecule is COc1ccc(OCC(O)CN2CCN(C(c3ccccc3)c3ccccc3)CC2)cc1.Cl.Cl. The number of nitrogens with zero attached hydrogens (tertiary/aromatic N) is 2. The van der Waals surface area contributed by atoms with Crippen LogP contribution in [0.2, 0.25) is 0 Å². The Balaban J connectivity index is 0.00000204. The Bertz CT molecular complexity index is 898. The summed E-state index contributed by atoms with van der Waals surface area (Å²) in [6.07, 6.45) is -0.525. The van der Waals surface area contributed by atoms with Crippen molar-refractivity contribution < 1.29 is 14.6 Å². The Kier molecular flexibility index (Phi) is 11.7. The lowest BCUT2D eigenvalue weighted by molar-refractivity contribution is 0.0401. The highest BCUT2D eigenvalue weighted by molar-refractivity contribution is 5.85. The lowest BCUT2D eigenvalue weighted by Crippen LogP contribution is -2.50. The number of methoxy groups -OCH3 is 1. The van der Waals surface area contributed by atoms with E-state index in [4.69, 9.17) is 9.47 Å². The smallest absolute Gasteiger partial charge is 0.119 e. The van der Waals surface area contributed by atoms with Crippen LogP contribution in [0, 0.1) is 0 Å². The van der Waals surface area contributed by atoms with Crippen molar-refractivity contribution in [3.8, 4) is 11.5 Å². The number of aliphatic hydroxyl groups is 1. The van der Waals surface area contributed by atoms with Crippen molar-refractivity contribution in [1.82, 2.24) is 9.80 Å². The van der Waals surface area contributed by atoms with E-state index in [1.165, 1.54) is 11.1 Å². The third-order valence-corrected chi connectivity index (χ3v) is 5.97. The van der Waals surface area contributed by atoms with Gasteiger partial charge in [0.2, 0.25) is 0 Å². The van der Waals surface area contributed by atoms with Gasteiger partial charge in [-0.1, -0.05) is 60.7 Å². The fourth-order valence-corrected chi connectivity index (χ4v) is 4.30. The van der Waals surface area contributed by atoms with Crippen LogP contribution < -0.4 is 9.47 Å². The third kappa shape index (κ3) is 7.62. The summed E-state index contributed by atoms with van der Waals surface area (Å²) in [5.41, 5.74) is 2.64. The molecule has 1 saturated heterocycles. The molecule has 184 valence electrons. The lowest BCUT2D eigenvalue weighted by atomic mass is 9.96. The van der Waals surface area contributed by atoms with Gasteiger partial charge in [0, 0.05) is 32.7 Å². The minimum absolute atomic E-state index is 0. The number of ether oxygens (including phenoxy) is 2. The van der Waals surface area contributed by atoms with Crippen molar-refractivity contribution in [2.45, 2.75) is 12.1 Å². The standard InChI is InChI=1S/C27H32N2O3.2ClH/c1-31-25-12-14-26(15-13-25)32-21-24(30)20-28-16-18-29(19-17-28)27(22-8-4-2-5-9-22)23-10-6-3-7-11-23;;/h2-15,24,27,30H,16-21H2,1H3;2*1H. The highest BCUT2D eigenvalue weighted by Gasteiger charge is 2.27. The van der Waals surface area contributed by atoms with Crippen LogP contribution in [-0.2, 0) is 0 Å². The van der Waals surface area contributed by atoms with Crippen molar-refractivity contribution in [3.63, 3.8) is 0 Å². The van der Waals surface area contributed by atoms with Crippen molar-refractivity contribution in [1.29, 1.82) is 0 Å². The van der Waals surface area contributed by atoms with Gasteiger partial charge >= 0.3 is 0 Å². The van der Waals surface area contributed by atoms with Crippen LogP contribution in [0.3, 0.4) is 0 Å². The molecule has 1 unspecified atom stereocenters. The summed E-state index contributed by atoms with van der Waals surface area (Å²) in [7, 11) is 1.64. The average molecular weight is 505 g/mol. The first kappa shape index (κ1) is 28.0. The van der Waals surface area contributed by atoms with Crippen LogP contribution in [0.15, 0.2) is 84.9 Å². The minimum atomic E-state index is -0.525. The maximum absolute atomic E-state index is 10.5. The van der Waals surface area contributed by atoms with E-state index in [9.17, 15) is 5.11 Å². The van der Waals surface area contributed by atoms with E-state index in [1.54, 1.807) is 7.11 Å². The fourth-order valence-electron chi connectivity index (χ4n) is 4.30. The number of rotatable bonds is 9. The zero-order valence-electron chi connectivity index (χ0n) is 19.5. The van der Waals surface area contributed by atoms with Crippen LogP contribution in [0.5, 0.6) is 11.5 Å². The van der Waals surface area contributed by atoms with Gasteiger partial charge in [0.05, 0.1) is 13.2 Å². The van der Waals surface area contributed by atoms with Gasteiger partial charge in [-0.25, -0.2) is 0 Å². The Hall–Kier alpha value is -2.28. The summed E-state index contributed by atoms with van der Waals surface area (Å²) in [6.45, 7) is 4.67. The number of β-amino-alcohol motifs (C(OH)–C–C–N with tert-alkyl or cyclic N) is 1. The molecule has 0 saturated carbocycles. The molecule has 1 N–H and O–H groups in total. The molecule has 1 aliphatic heterocycles. The fraction of sp³-hybridized carbons (Fsp3) is 0.333. The molecule has 0 aromatic heterocycles.